The molecule has 2 rings (SSSR count). The monoisotopic (exact) mass is 346 g/mol. The molecule has 0 heterocycles. The number of rotatable bonds is 7. The summed E-state index contributed by atoms with van der Waals surface area (Å²) in [5.41, 5.74) is 6.23. The van der Waals surface area contributed by atoms with Crippen LogP contribution in [0.15, 0.2) is 36.4 Å². The Morgan fingerprint density at radius 2 is 2.08 bits per heavy atom. The summed E-state index contributed by atoms with van der Waals surface area (Å²) in [6, 6.07) is 12.1. The lowest BCUT2D eigenvalue weighted by Crippen LogP contribution is -2.20. The van der Waals surface area contributed by atoms with E-state index in [1.165, 1.54) is 13.2 Å². The van der Waals surface area contributed by atoms with Crippen molar-refractivity contribution < 1.29 is 19.0 Å². The highest BCUT2D eigenvalue weighted by Gasteiger charge is 2.12. The Morgan fingerprint density at radius 3 is 2.75 bits per heavy atom. The molecule has 1 amide bonds. The smallest absolute Gasteiger partial charge is 0.255 e. The lowest BCUT2D eigenvalue weighted by atomic mass is 10.2. The summed E-state index contributed by atoms with van der Waals surface area (Å²) in [7, 11) is 1.47. The number of carbonyl (C=O) groups is 1. The van der Waals surface area contributed by atoms with Gasteiger partial charge in [0.2, 0.25) is 0 Å². The molecule has 0 bridgehead atoms. The number of nitriles is 1. The second kappa shape index (κ2) is 8.09. The summed E-state index contributed by atoms with van der Waals surface area (Å²) in [4.78, 5) is 10.7. The van der Waals surface area contributed by atoms with Crippen LogP contribution in [0, 0.1) is 11.3 Å². The molecule has 24 heavy (non-hydrogen) atoms. The largest absolute Gasteiger partial charge is 0.493 e. The van der Waals surface area contributed by atoms with Gasteiger partial charge in [-0.15, -0.1) is 0 Å². The van der Waals surface area contributed by atoms with Gasteiger partial charge in [-0.2, -0.15) is 5.26 Å². The number of methoxy groups -OCH3 is 1. The molecule has 0 aliphatic heterocycles. The van der Waals surface area contributed by atoms with Gasteiger partial charge < -0.3 is 19.9 Å². The normalized spacial score (nSPS) is 9.88. The number of hydrogen-bond donors (Lipinski definition) is 1. The number of amides is 1. The van der Waals surface area contributed by atoms with Crippen LogP contribution >= 0.6 is 11.6 Å². The van der Waals surface area contributed by atoms with Gasteiger partial charge >= 0.3 is 0 Å². The van der Waals surface area contributed by atoms with Gasteiger partial charge in [-0.05, 0) is 23.8 Å². The molecule has 7 heteroatoms. The van der Waals surface area contributed by atoms with E-state index < -0.39 is 5.91 Å². The number of nitrogens with zero attached hydrogens (tertiary/aromatic N) is 1. The molecule has 0 aliphatic carbocycles. The Kier molecular flexibility index (Phi) is 5.88. The minimum absolute atomic E-state index is 0.195. The Labute approximate surface area is 144 Å². The fraction of sp³-hybridized carbons (Fsp3) is 0.176. The molecule has 2 N–H and O–H groups in total. The zero-order valence-corrected chi connectivity index (χ0v) is 13.7. The average Bonchev–Trinajstić information content (AvgIpc) is 2.58. The highest BCUT2D eigenvalue weighted by atomic mass is 35.5. The highest BCUT2D eigenvalue weighted by molar-refractivity contribution is 6.32. The van der Waals surface area contributed by atoms with Gasteiger partial charge in [0.15, 0.2) is 18.1 Å². The van der Waals surface area contributed by atoms with Crippen molar-refractivity contribution in [1.82, 2.24) is 0 Å². The van der Waals surface area contributed by atoms with Gasteiger partial charge in [-0.25, -0.2) is 0 Å². The van der Waals surface area contributed by atoms with Crippen molar-refractivity contribution in [3.8, 4) is 23.3 Å². The minimum Gasteiger partial charge on any atom is -0.493 e. The van der Waals surface area contributed by atoms with E-state index in [0.717, 1.165) is 5.56 Å². The molecule has 0 unspecified atom stereocenters. The predicted octanol–water partition coefficient (Wildman–Crippen LogP) is 2.66. The molecule has 0 fully saturated rings. The summed E-state index contributed by atoms with van der Waals surface area (Å²) < 4.78 is 16.2. The molecule has 0 aliphatic rings. The van der Waals surface area contributed by atoms with Gasteiger partial charge in [-0.3, -0.25) is 4.79 Å². The Bertz CT molecular complexity index is 787. The second-order valence-electron chi connectivity index (χ2n) is 4.79. The lowest BCUT2D eigenvalue weighted by Gasteiger charge is -2.13. The predicted molar refractivity (Wildman–Crippen MR) is 88.2 cm³/mol. The molecule has 0 saturated heterocycles. The van der Waals surface area contributed by atoms with E-state index in [0.29, 0.717) is 22.8 Å². The van der Waals surface area contributed by atoms with Crippen molar-refractivity contribution in [3.05, 3.63) is 52.5 Å². The number of benzene rings is 2. The van der Waals surface area contributed by atoms with E-state index in [2.05, 4.69) is 0 Å². The van der Waals surface area contributed by atoms with Crippen molar-refractivity contribution in [2.24, 2.45) is 5.73 Å². The molecule has 0 spiro atoms. The first-order chi connectivity index (χ1) is 11.5. The Morgan fingerprint density at radius 1 is 1.29 bits per heavy atom. The van der Waals surface area contributed by atoms with Crippen LogP contribution in [0.1, 0.15) is 11.1 Å². The van der Waals surface area contributed by atoms with E-state index in [1.807, 2.05) is 12.1 Å². The van der Waals surface area contributed by atoms with Gasteiger partial charge in [0.25, 0.3) is 5.91 Å². The van der Waals surface area contributed by atoms with Crippen LogP contribution in [0.3, 0.4) is 0 Å². The van der Waals surface area contributed by atoms with E-state index in [-0.39, 0.29) is 18.2 Å². The van der Waals surface area contributed by atoms with Crippen molar-refractivity contribution in [2.45, 2.75) is 6.61 Å². The first-order valence-corrected chi connectivity index (χ1v) is 7.31. The molecule has 0 saturated carbocycles. The van der Waals surface area contributed by atoms with Crippen LogP contribution in [0.2, 0.25) is 5.02 Å². The lowest BCUT2D eigenvalue weighted by molar-refractivity contribution is -0.119. The van der Waals surface area contributed by atoms with Crippen LogP contribution in [-0.4, -0.2) is 19.6 Å². The van der Waals surface area contributed by atoms with Crippen LogP contribution in [0.4, 0.5) is 0 Å². The van der Waals surface area contributed by atoms with Crippen molar-refractivity contribution in [2.75, 3.05) is 13.7 Å². The van der Waals surface area contributed by atoms with Crippen molar-refractivity contribution in [3.63, 3.8) is 0 Å². The average molecular weight is 347 g/mol. The quantitative estimate of drug-likeness (QED) is 0.831. The first kappa shape index (κ1) is 17.4. The first-order valence-electron chi connectivity index (χ1n) is 6.94. The number of hydrogen-bond acceptors (Lipinski definition) is 5. The second-order valence-corrected chi connectivity index (χ2v) is 5.20. The summed E-state index contributed by atoms with van der Waals surface area (Å²) in [5, 5.41) is 9.23. The molecule has 2 aromatic carbocycles. The topological polar surface area (TPSA) is 94.6 Å². The van der Waals surface area contributed by atoms with Gasteiger partial charge in [0, 0.05) is 6.07 Å². The van der Waals surface area contributed by atoms with E-state index in [4.69, 9.17) is 36.8 Å². The summed E-state index contributed by atoms with van der Waals surface area (Å²) in [6.45, 7) is 0.00926. The third-order valence-corrected chi connectivity index (χ3v) is 3.30. The number of primary amides is 1. The number of halogens is 1. The van der Waals surface area contributed by atoms with E-state index >= 15 is 0 Å². The Hall–Kier alpha value is -2.91. The van der Waals surface area contributed by atoms with Crippen LogP contribution in [0.5, 0.6) is 17.2 Å². The van der Waals surface area contributed by atoms with E-state index in [1.54, 1.807) is 24.3 Å². The van der Waals surface area contributed by atoms with Gasteiger partial charge in [0.05, 0.1) is 23.8 Å². The Balaban J connectivity index is 2.12. The summed E-state index contributed by atoms with van der Waals surface area (Å²) in [5.74, 6) is 0.681. The van der Waals surface area contributed by atoms with Crippen LogP contribution in [0.25, 0.3) is 0 Å². The minimum atomic E-state index is -0.550. The third-order valence-electron chi connectivity index (χ3n) is 3.02. The van der Waals surface area contributed by atoms with Gasteiger partial charge in [0.1, 0.15) is 12.4 Å². The number of nitrogens with two attached hydrogens (primary N) is 1. The molecule has 2 aromatic rings. The molecular formula is C17H15ClN2O4. The molecular weight excluding hydrogens is 332 g/mol. The standard InChI is InChI=1S/C17H15ClN2O4/c1-22-15-7-12(8-19)6-14(18)17(15)24-9-11-3-2-4-13(5-11)23-10-16(20)21/h2-7H,9-10H2,1H3,(H2,20,21). The fourth-order valence-corrected chi connectivity index (χ4v) is 2.22. The SMILES string of the molecule is COc1cc(C#N)cc(Cl)c1OCc1cccc(OCC(N)=O)c1. The zero-order valence-electron chi connectivity index (χ0n) is 12.9. The third kappa shape index (κ3) is 4.54. The maximum atomic E-state index is 10.7. The molecule has 0 aromatic heterocycles. The number of carbonyl (C=O) groups excluding carboxylic acids is 1. The fourth-order valence-electron chi connectivity index (χ4n) is 1.96. The maximum absolute atomic E-state index is 10.7. The van der Waals surface area contributed by atoms with Crippen LogP contribution < -0.4 is 19.9 Å². The maximum Gasteiger partial charge on any atom is 0.255 e. The summed E-state index contributed by atoms with van der Waals surface area (Å²) >= 11 is 6.14. The van der Waals surface area contributed by atoms with Crippen LogP contribution in [-0.2, 0) is 11.4 Å². The van der Waals surface area contributed by atoms with E-state index in [9.17, 15) is 4.79 Å². The zero-order chi connectivity index (χ0) is 17.5. The molecule has 6 nitrogen and oxygen atoms in total. The van der Waals surface area contributed by atoms with Gasteiger partial charge in [-0.1, -0.05) is 23.7 Å². The van der Waals surface area contributed by atoms with Crippen molar-refractivity contribution >= 4 is 17.5 Å². The highest BCUT2D eigenvalue weighted by Crippen LogP contribution is 2.36. The molecule has 0 radical (unpaired) electrons. The molecule has 0 atom stereocenters. The molecule has 124 valence electrons. The summed E-state index contributed by atoms with van der Waals surface area (Å²) in [6.07, 6.45) is 0. The number of ether oxygens (including phenoxy) is 3. The van der Waals surface area contributed by atoms with Crippen molar-refractivity contribution in [1.29, 1.82) is 5.26 Å².